The number of hydrogen-bond donors (Lipinski definition) is 2. The minimum Gasteiger partial charge on any atom is -0.495 e. The Labute approximate surface area is 199 Å². The summed E-state index contributed by atoms with van der Waals surface area (Å²) in [5, 5.41) is 6.01. The number of methoxy groups -OCH3 is 1. The average molecular weight is 487 g/mol. The Kier molecular flexibility index (Phi) is 6.76. The van der Waals surface area contributed by atoms with E-state index in [1.54, 1.807) is 45.2 Å². The van der Waals surface area contributed by atoms with E-state index in [0.29, 0.717) is 17.5 Å². The van der Waals surface area contributed by atoms with Crippen molar-refractivity contribution >= 4 is 44.6 Å². The van der Waals surface area contributed by atoms with Gasteiger partial charge in [0, 0.05) is 0 Å². The number of nitrogens with zero attached hydrogens (tertiary/aromatic N) is 2. The molecule has 1 aromatic heterocycles. The number of benzene rings is 2. The molecule has 0 atom stereocenters. The van der Waals surface area contributed by atoms with Crippen LogP contribution >= 0.6 is 11.6 Å². The SMILES string of the molecule is COc1cc2c(cc1Nc1ncc(Cl)c(Nc3ccccc3S(=O)(=O)C(C)C)n1)CCCC2. The van der Waals surface area contributed by atoms with Crippen molar-refractivity contribution in [3.8, 4) is 5.75 Å². The number of hydrogen-bond acceptors (Lipinski definition) is 7. The predicted molar refractivity (Wildman–Crippen MR) is 132 cm³/mol. The molecule has 9 heteroatoms. The maximum absolute atomic E-state index is 12.8. The largest absolute Gasteiger partial charge is 0.495 e. The lowest BCUT2D eigenvalue weighted by molar-refractivity contribution is 0.415. The van der Waals surface area contributed by atoms with Gasteiger partial charge in [0.05, 0.1) is 34.8 Å². The number of halogens is 1. The van der Waals surface area contributed by atoms with E-state index in [-0.39, 0.29) is 9.92 Å². The fraction of sp³-hybridized carbons (Fsp3) is 0.333. The molecule has 33 heavy (non-hydrogen) atoms. The van der Waals surface area contributed by atoms with Crippen molar-refractivity contribution in [3.05, 3.63) is 58.7 Å². The monoisotopic (exact) mass is 486 g/mol. The van der Waals surface area contributed by atoms with Crippen LogP contribution in [0.15, 0.2) is 47.5 Å². The molecule has 0 bridgehead atoms. The second-order valence-corrected chi connectivity index (χ2v) is 11.1. The number of ether oxygens (including phenoxy) is 1. The van der Waals surface area contributed by atoms with Gasteiger partial charge in [-0.2, -0.15) is 4.98 Å². The van der Waals surface area contributed by atoms with Crippen molar-refractivity contribution < 1.29 is 13.2 Å². The Morgan fingerprint density at radius 3 is 2.42 bits per heavy atom. The molecule has 0 fully saturated rings. The lowest BCUT2D eigenvalue weighted by atomic mass is 9.91. The quantitative estimate of drug-likeness (QED) is 0.443. The molecule has 0 amide bonds. The maximum Gasteiger partial charge on any atom is 0.229 e. The van der Waals surface area contributed by atoms with Gasteiger partial charge in [-0.3, -0.25) is 0 Å². The zero-order valence-corrected chi connectivity index (χ0v) is 20.4. The Morgan fingerprint density at radius 1 is 1.03 bits per heavy atom. The van der Waals surface area contributed by atoms with E-state index < -0.39 is 15.1 Å². The second-order valence-electron chi connectivity index (χ2n) is 8.26. The number of rotatable bonds is 7. The summed E-state index contributed by atoms with van der Waals surface area (Å²) in [5.74, 6) is 1.34. The lowest BCUT2D eigenvalue weighted by Gasteiger charge is -2.20. The lowest BCUT2D eigenvalue weighted by Crippen LogP contribution is -2.15. The summed E-state index contributed by atoms with van der Waals surface area (Å²) < 4.78 is 31.2. The van der Waals surface area contributed by atoms with Gasteiger partial charge >= 0.3 is 0 Å². The van der Waals surface area contributed by atoms with E-state index in [1.807, 2.05) is 0 Å². The summed E-state index contributed by atoms with van der Waals surface area (Å²) in [5.41, 5.74) is 3.79. The second kappa shape index (κ2) is 9.57. The van der Waals surface area contributed by atoms with E-state index in [2.05, 4.69) is 32.7 Å². The highest BCUT2D eigenvalue weighted by Crippen LogP contribution is 2.35. The summed E-state index contributed by atoms with van der Waals surface area (Å²) in [6, 6.07) is 10.9. The Hall–Kier alpha value is -2.84. The van der Waals surface area contributed by atoms with Gasteiger partial charge in [-0.25, -0.2) is 13.4 Å². The Morgan fingerprint density at radius 2 is 1.73 bits per heavy atom. The van der Waals surface area contributed by atoms with Gasteiger partial charge in [0.15, 0.2) is 15.7 Å². The molecule has 7 nitrogen and oxygen atoms in total. The molecule has 1 aliphatic rings. The normalized spacial score (nSPS) is 13.5. The number of aryl methyl sites for hydroxylation is 2. The minimum absolute atomic E-state index is 0.195. The van der Waals surface area contributed by atoms with Crippen LogP contribution in [0, 0.1) is 0 Å². The van der Waals surface area contributed by atoms with Gasteiger partial charge in [-0.15, -0.1) is 0 Å². The van der Waals surface area contributed by atoms with Gasteiger partial charge in [0.25, 0.3) is 0 Å². The fourth-order valence-corrected chi connectivity index (χ4v) is 5.20. The molecular formula is C24H27ClN4O3S. The van der Waals surface area contributed by atoms with Crippen LogP contribution in [0.5, 0.6) is 5.75 Å². The first-order chi connectivity index (χ1) is 15.8. The van der Waals surface area contributed by atoms with Crippen LogP contribution in [0.2, 0.25) is 5.02 Å². The van der Waals surface area contributed by atoms with Crippen LogP contribution < -0.4 is 15.4 Å². The van der Waals surface area contributed by atoms with Gasteiger partial charge in [0.1, 0.15) is 10.8 Å². The van der Waals surface area contributed by atoms with E-state index in [0.717, 1.165) is 24.3 Å². The van der Waals surface area contributed by atoms with Crippen molar-refractivity contribution in [2.24, 2.45) is 0 Å². The Bertz CT molecular complexity index is 1280. The third-order valence-electron chi connectivity index (χ3n) is 5.72. The highest BCUT2D eigenvalue weighted by atomic mass is 35.5. The van der Waals surface area contributed by atoms with Crippen molar-refractivity contribution in [2.45, 2.75) is 49.7 Å². The number of sulfone groups is 1. The standard InChI is InChI=1S/C24H27ClN4O3S/c1-15(2)33(30,31)22-11-7-6-10-19(22)27-23-18(25)14-26-24(29-23)28-20-12-16-8-4-5-9-17(16)13-21(20)32-3/h6-7,10-15H,4-5,8-9H2,1-3H3,(H2,26,27,28,29). The van der Waals surface area contributed by atoms with Gasteiger partial charge < -0.3 is 15.4 Å². The predicted octanol–water partition coefficient (Wildman–Crippen LogP) is 5.69. The molecule has 0 saturated heterocycles. The fourth-order valence-electron chi connectivity index (χ4n) is 3.86. The number of nitrogens with one attached hydrogen (secondary N) is 2. The highest BCUT2D eigenvalue weighted by molar-refractivity contribution is 7.92. The van der Waals surface area contributed by atoms with E-state index in [4.69, 9.17) is 16.3 Å². The topological polar surface area (TPSA) is 93.2 Å². The summed E-state index contributed by atoms with van der Waals surface area (Å²) >= 11 is 6.34. The smallest absolute Gasteiger partial charge is 0.229 e. The van der Waals surface area contributed by atoms with E-state index in [9.17, 15) is 8.42 Å². The number of aromatic nitrogens is 2. The molecule has 2 N–H and O–H groups in total. The summed E-state index contributed by atoms with van der Waals surface area (Å²) in [7, 11) is -1.86. The van der Waals surface area contributed by atoms with Crippen LogP contribution in [0.4, 0.5) is 23.1 Å². The highest BCUT2D eigenvalue weighted by Gasteiger charge is 2.23. The van der Waals surface area contributed by atoms with Crippen LogP contribution in [0.25, 0.3) is 0 Å². The first kappa shape index (κ1) is 23.3. The average Bonchev–Trinajstić information content (AvgIpc) is 2.81. The van der Waals surface area contributed by atoms with Crippen molar-refractivity contribution in [1.82, 2.24) is 9.97 Å². The minimum atomic E-state index is -3.50. The van der Waals surface area contributed by atoms with E-state index in [1.165, 1.54) is 30.2 Å². The first-order valence-corrected chi connectivity index (χ1v) is 12.8. The summed E-state index contributed by atoms with van der Waals surface area (Å²) in [6.07, 6.45) is 5.92. The van der Waals surface area contributed by atoms with Crippen LogP contribution in [0.3, 0.4) is 0 Å². The molecule has 0 aliphatic heterocycles. The van der Waals surface area contributed by atoms with Crippen LogP contribution in [-0.4, -0.2) is 30.7 Å². The van der Waals surface area contributed by atoms with Crippen LogP contribution in [0.1, 0.15) is 37.8 Å². The third kappa shape index (κ3) is 4.91. The van der Waals surface area contributed by atoms with E-state index >= 15 is 0 Å². The molecule has 1 heterocycles. The van der Waals surface area contributed by atoms with Crippen molar-refractivity contribution in [1.29, 1.82) is 0 Å². The Balaban J connectivity index is 1.66. The molecule has 0 saturated carbocycles. The number of fused-ring (bicyclic) bond motifs is 1. The van der Waals surface area contributed by atoms with Crippen molar-refractivity contribution in [3.63, 3.8) is 0 Å². The molecule has 174 valence electrons. The van der Waals surface area contributed by atoms with Crippen molar-refractivity contribution in [2.75, 3.05) is 17.7 Å². The zero-order valence-electron chi connectivity index (χ0n) is 18.9. The van der Waals surface area contributed by atoms with Gasteiger partial charge in [-0.05, 0) is 74.9 Å². The summed E-state index contributed by atoms with van der Waals surface area (Å²) in [6.45, 7) is 3.30. The molecule has 0 unspecified atom stereocenters. The number of para-hydroxylation sites is 1. The molecule has 0 radical (unpaired) electrons. The first-order valence-electron chi connectivity index (χ1n) is 10.9. The zero-order chi connectivity index (χ0) is 23.6. The maximum atomic E-state index is 12.8. The molecule has 1 aliphatic carbocycles. The molecule has 4 rings (SSSR count). The van der Waals surface area contributed by atoms with Gasteiger partial charge in [-0.1, -0.05) is 23.7 Å². The van der Waals surface area contributed by atoms with Gasteiger partial charge in [0.2, 0.25) is 5.95 Å². The van der Waals surface area contributed by atoms with Crippen LogP contribution in [-0.2, 0) is 22.7 Å². The molecular weight excluding hydrogens is 460 g/mol. The molecule has 3 aromatic rings. The summed E-state index contributed by atoms with van der Waals surface area (Å²) in [4.78, 5) is 8.99. The molecule has 2 aromatic carbocycles. The number of anilines is 4. The molecule has 0 spiro atoms. The third-order valence-corrected chi connectivity index (χ3v) is 8.21.